The van der Waals surface area contributed by atoms with E-state index in [4.69, 9.17) is 17.3 Å². The van der Waals surface area contributed by atoms with Gasteiger partial charge in [0.2, 0.25) is 0 Å². The Morgan fingerprint density at radius 1 is 1.32 bits per heavy atom. The van der Waals surface area contributed by atoms with Crippen molar-refractivity contribution in [2.24, 2.45) is 12.8 Å². The van der Waals surface area contributed by atoms with Gasteiger partial charge in [0, 0.05) is 12.5 Å². The van der Waals surface area contributed by atoms with Crippen LogP contribution in [-0.4, -0.2) is 9.78 Å². The number of hydrogen-bond acceptors (Lipinski definition) is 2. The Bertz CT molecular complexity index is 553. The van der Waals surface area contributed by atoms with E-state index in [1.54, 1.807) is 10.9 Å². The first kappa shape index (κ1) is 12.7. The van der Waals surface area contributed by atoms with Gasteiger partial charge in [-0.15, -0.1) is 0 Å². The van der Waals surface area contributed by atoms with Gasteiger partial charge in [-0.2, -0.15) is 5.10 Å². The predicted octanol–water partition coefficient (Wildman–Crippen LogP) is 3.20. The van der Waals surface area contributed by atoms with E-state index in [1.165, 1.54) is 12.0 Å². The lowest BCUT2D eigenvalue weighted by molar-refractivity contribution is 0.191. The molecule has 0 amide bonds. The first-order valence-electron chi connectivity index (χ1n) is 6.64. The summed E-state index contributed by atoms with van der Waals surface area (Å²) in [5.74, 6) is 0. The third kappa shape index (κ3) is 1.88. The Hall–Kier alpha value is -1.32. The summed E-state index contributed by atoms with van der Waals surface area (Å²) in [5, 5.41) is 4.87. The van der Waals surface area contributed by atoms with E-state index in [2.05, 4.69) is 29.4 Å². The highest BCUT2D eigenvalue weighted by atomic mass is 35.5. The molecule has 2 N–H and O–H groups in total. The van der Waals surface area contributed by atoms with Gasteiger partial charge in [0.25, 0.3) is 0 Å². The van der Waals surface area contributed by atoms with Gasteiger partial charge in [0.05, 0.1) is 23.0 Å². The smallest absolute Gasteiger partial charge is 0.0834 e. The molecule has 100 valence electrons. The quantitative estimate of drug-likeness (QED) is 0.935. The minimum Gasteiger partial charge on any atom is -0.322 e. The van der Waals surface area contributed by atoms with Crippen molar-refractivity contribution in [3.8, 4) is 0 Å². The van der Waals surface area contributed by atoms with Crippen molar-refractivity contribution in [1.82, 2.24) is 9.78 Å². The average molecular weight is 276 g/mol. The Morgan fingerprint density at radius 2 is 2.00 bits per heavy atom. The van der Waals surface area contributed by atoms with E-state index in [0.717, 1.165) is 18.5 Å². The van der Waals surface area contributed by atoms with Crippen molar-refractivity contribution < 1.29 is 0 Å². The fourth-order valence-corrected chi connectivity index (χ4v) is 3.42. The molecule has 1 aliphatic carbocycles. The fourth-order valence-electron chi connectivity index (χ4n) is 3.14. The third-order valence-corrected chi connectivity index (χ3v) is 4.71. The second-order valence-corrected chi connectivity index (χ2v) is 5.76. The molecule has 1 aliphatic rings. The van der Waals surface area contributed by atoms with Crippen molar-refractivity contribution >= 4 is 11.6 Å². The molecule has 1 atom stereocenters. The molecule has 19 heavy (non-hydrogen) atoms. The zero-order chi connectivity index (χ0) is 13.5. The van der Waals surface area contributed by atoms with Gasteiger partial charge in [-0.25, -0.2) is 0 Å². The molecule has 0 spiro atoms. The highest BCUT2D eigenvalue weighted by Gasteiger charge is 2.46. The van der Waals surface area contributed by atoms with Gasteiger partial charge >= 0.3 is 0 Å². The number of hydrogen-bond donors (Lipinski definition) is 1. The van der Waals surface area contributed by atoms with Crippen LogP contribution in [0, 0.1) is 0 Å². The maximum absolute atomic E-state index is 6.57. The molecule has 1 saturated carbocycles. The average Bonchev–Trinajstić information content (AvgIpc) is 2.69. The maximum atomic E-state index is 6.57. The summed E-state index contributed by atoms with van der Waals surface area (Å²) in [7, 11) is 1.90. The number of halogens is 1. The van der Waals surface area contributed by atoms with Crippen LogP contribution in [0.3, 0.4) is 0 Å². The number of nitrogens with zero attached hydrogens (tertiary/aromatic N) is 2. The van der Waals surface area contributed by atoms with Crippen molar-refractivity contribution in [1.29, 1.82) is 0 Å². The molecule has 1 unspecified atom stereocenters. The number of rotatable bonds is 3. The van der Waals surface area contributed by atoms with Gasteiger partial charge in [0.15, 0.2) is 0 Å². The van der Waals surface area contributed by atoms with Crippen LogP contribution >= 0.6 is 11.6 Å². The summed E-state index contributed by atoms with van der Waals surface area (Å²) in [6.45, 7) is 0. The van der Waals surface area contributed by atoms with E-state index >= 15 is 0 Å². The standard InChI is InChI=1S/C15H18ClN3/c1-19-13(12(16)10-18-19)14(17)15(8-5-9-15)11-6-3-2-4-7-11/h2-4,6-7,10,14H,5,8-9,17H2,1H3. The molecule has 1 aromatic heterocycles. The van der Waals surface area contributed by atoms with E-state index in [0.29, 0.717) is 5.02 Å². The van der Waals surface area contributed by atoms with Crippen LogP contribution in [-0.2, 0) is 12.5 Å². The Kier molecular flexibility index (Phi) is 3.11. The first-order chi connectivity index (χ1) is 9.15. The molecule has 1 heterocycles. The topological polar surface area (TPSA) is 43.8 Å². The zero-order valence-corrected chi connectivity index (χ0v) is 11.8. The van der Waals surface area contributed by atoms with Crippen LogP contribution in [0.25, 0.3) is 0 Å². The fraction of sp³-hybridized carbons (Fsp3) is 0.400. The summed E-state index contributed by atoms with van der Waals surface area (Å²) in [6.07, 6.45) is 5.12. The van der Waals surface area contributed by atoms with Crippen LogP contribution in [0.15, 0.2) is 36.5 Å². The van der Waals surface area contributed by atoms with Crippen LogP contribution in [0.1, 0.15) is 36.6 Å². The molecule has 2 aromatic rings. The molecule has 0 saturated heterocycles. The maximum Gasteiger partial charge on any atom is 0.0834 e. The number of benzene rings is 1. The molecular weight excluding hydrogens is 258 g/mol. The summed E-state index contributed by atoms with van der Waals surface area (Å²) < 4.78 is 1.80. The van der Waals surface area contributed by atoms with Crippen LogP contribution in [0.4, 0.5) is 0 Å². The Labute approximate surface area is 118 Å². The summed E-state index contributed by atoms with van der Waals surface area (Å²) in [5.41, 5.74) is 8.83. The molecule has 0 bridgehead atoms. The lowest BCUT2D eigenvalue weighted by atomic mass is 9.59. The molecular formula is C15H18ClN3. The lowest BCUT2D eigenvalue weighted by Crippen LogP contribution is -2.45. The third-order valence-electron chi connectivity index (χ3n) is 4.42. The van der Waals surface area contributed by atoms with Gasteiger partial charge in [0.1, 0.15) is 0 Å². The van der Waals surface area contributed by atoms with Crippen LogP contribution in [0.2, 0.25) is 5.02 Å². The van der Waals surface area contributed by atoms with Crippen LogP contribution in [0.5, 0.6) is 0 Å². The largest absolute Gasteiger partial charge is 0.322 e. The minimum atomic E-state index is -0.108. The summed E-state index contributed by atoms with van der Waals surface area (Å²) in [6, 6.07) is 10.4. The lowest BCUT2D eigenvalue weighted by Gasteiger charge is -2.47. The van der Waals surface area contributed by atoms with E-state index in [-0.39, 0.29) is 11.5 Å². The Morgan fingerprint density at radius 3 is 2.47 bits per heavy atom. The second-order valence-electron chi connectivity index (χ2n) is 5.35. The zero-order valence-electron chi connectivity index (χ0n) is 11.0. The molecule has 3 nitrogen and oxygen atoms in total. The number of aryl methyl sites for hydroxylation is 1. The van der Waals surface area contributed by atoms with Crippen molar-refractivity contribution in [3.63, 3.8) is 0 Å². The SMILES string of the molecule is Cn1ncc(Cl)c1C(N)C1(c2ccccc2)CCC1. The Balaban J connectivity index is 2.04. The molecule has 1 aromatic carbocycles. The van der Waals surface area contributed by atoms with Crippen molar-refractivity contribution in [2.75, 3.05) is 0 Å². The monoisotopic (exact) mass is 275 g/mol. The van der Waals surface area contributed by atoms with Gasteiger partial charge < -0.3 is 5.73 Å². The van der Waals surface area contributed by atoms with Crippen molar-refractivity contribution in [3.05, 3.63) is 52.8 Å². The number of aromatic nitrogens is 2. The number of nitrogens with two attached hydrogens (primary N) is 1. The molecule has 3 rings (SSSR count). The van der Waals surface area contributed by atoms with E-state index < -0.39 is 0 Å². The van der Waals surface area contributed by atoms with Gasteiger partial charge in [-0.3, -0.25) is 4.68 Å². The summed E-state index contributed by atoms with van der Waals surface area (Å²) >= 11 is 6.25. The minimum absolute atomic E-state index is 0.0126. The molecule has 1 fully saturated rings. The molecule has 4 heteroatoms. The van der Waals surface area contributed by atoms with E-state index in [1.807, 2.05) is 13.1 Å². The predicted molar refractivity (Wildman–Crippen MR) is 77.1 cm³/mol. The normalized spacial score (nSPS) is 18.9. The van der Waals surface area contributed by atoms with Gasteiger partial charge in [-0.05, 0) is 18.4 Å². The van der Waals surface area contributed by atoms with E-state index in [9.17, 15) is 0 Å². The molecule has 0 radical (unpaired) electrons. The highest BCUT2D eigenvalue weighted by molar-refractivity contribution is 6.31. The molecule has 0 aliphatic heterocycles. The van der Waals surface area contributed by atoms with Gasteiger partial charge in [-0.1, -0.05) is 48.4 Å². The summed E-state index contributed by atoms with van der Waals surface area (Å²) in [4.78, 5) is 0. The first-order valence-corrected chi connectivity index (χ1v) is 7.01. The second kappa shape index (κ2) is 4.66. The van der Waals surface area contributed by atoms with Crippen LogP contribution < -0.4 is 5.73 Å². The highest BCUT2D eigenvalue weighted by Crippen LogP contribution is 2.51. The van der Waals surface area contributed by atoms with Crippen molar-refractivity contribution in [2.45, 2.75) is 30.7 Å².